The van der Waals surface area contributed by atoms with Crippen LogP contribution in [0.25, 0.3) is 0 Å². The number of phenols is 1. The van der Waals surface area contributed by atoms with Crippen LogP contribution in [0.3, 0.4) is 0 Å². The summed E-state index contributed by atoms with van der Waals surface area (Å²) in [7, 11) is 0. The molecule has 130 valence electrons. The summed E-state index contributed by atoms with van der Waals surface area (Å²) in [6.07, 6.45) is 7.39. The molecule has 2 saturated carbocycles. The second-order valence-corrected chi connectivity index (χ2v) is 8.19. The van der Waals surface area contributed by atoms with E-state index < -0.39 is 5.60 Å². The van der Waals surface area contributed by atoms with Crippen molar-refractivity contribution in [3.8, 4) is 16.9 Å². The largest absolute Gasteiger partial charge is 0.508 e. The van der Waals surface area contributed by atoms with Gasteiger partial charge in [0.1, 0.15) is 11.4 Å². The molecule has 0 radical (unpaired) electrons. The monoisotopic (exact) mass is 344 g/mol. The van der Waals surface area contributed by atoms with E-state index in [4.69, 9.17) is 0 Å². The first kappa shape index (κ1) is 17.7. The van der Waals surface area contributed by atoms with Crippen LogP contribution < -0.4 is 0 Å². The standard InChI is InChI=1S/C21H28O2S/c1-15-5-8-18(22)14-17(15)7-6-16-4-3-10-20(2)19(16)9-11-21(20,23)12-13-24/h5,8,14,16,19,22-24H,3-4,6-7,9-11H2,1-2H3. The number of benzene rings is 1. The Hall–Kier alpha value is -1.11. The highest BCUT2D eigenvalue weighted by Gasteiger charge is 2.58. The minimum Gasteiger partial charge on any atom is -0.508 e. The Morgan fingerprint density at radius 1 is 1.29 bits per heavy atom. The van der Waals surface area contributed by atoms with E-state index in [9.17, 15) is 10.2 Å². The molecular weight excluding hydrogens is 316 g/mol. The van der Waals surface area contributed by atoms with Gasteiger partial charge in [-0.2, -0.15) is 0 Å². The Morgan fingerprint density at radius 3 is 2.83 bits per heavy atom. The van der Waals surface area contributed by atoms with Gasteiger partial charge in [-0.3, -0.25) is 0 Å². The average Bonchev–Trinajstić information content (AvgIpc) is 2.81. The lowest BCUT2D eigenvalue weighted by molar-refractivity contribution is -0.0574. The number of aryl methyl sites for hydroxylation is 2. The zero-order chi connectivity index (χ0) is 17.4. The molecule has 0 heterocycles. The van der Waals surface area contributed by atoms with E-state index in [1.807, 2.05) is 12.1 Å². The van der Waals surface area contributed by atoms with Crippen LogP contribution in [-0.4, -0.2) is 15.8 Å². The molecule has 3 rings (SSSR count). The van der Waals surface area contributed by atoms with Crippen LogP contribution in [0, 0.1) is 35.3 Å². The first-order valence-electron chi connectivity index (χ1n) is 9.07. The van der Waals surface area contributed by atoms with Gasteiger partial charge in [0.25, 0.3) is 0 Å². The quantitative estimate of drug-likeness (QED) is 0.559. The summed E-state index contributed by atoms with van der Waals surface area (Å²) in [6, 6.07) is 5.64. The zero-order valence-corrected chi connectivity index (χ0v) is 15.6. The van der Waals surface area contributed by atoms with Crippen LogP contribution in [0.5, 0.6) is 5.75 Å². The van der Waals surface area contributed by atoms with Gasteiger partial charge in [-0.05, 0) is 79.4 Å². The third-order valence-corrected chi connectivity index (χ3v) is 6.91. The number of hydrogen-bond acceptors (Lipinski definition) is 3. The molecule has 3 heteroatoms. The predicted molar refractivity (Wildman–Crippen MR) is 101 cm³/mol. The van der Waals surface area contributed by atoms with Gasteiger partial charge >= 0.3 is 0 Å². The van der Waals surface area contributed by atoms with E-state index in [1.165, 1.54) is 17.5 Å². The van der Waals surface area contributed by atoms with Crippen molar-refractivity contribution in [2.75, 3.05) is 0 Å². The summed E-state index contributed by atoms with van der Waals surface area (Å²) in [5, 5.41) is 23.5. The zero-order valence-electron chi connectivity index (χ0n) is 14.7. The molecule has 1 aromatic carbocycles. The third kappa shape index (κ3) is 2.95. The lowest BCUT2D eigenvalue weighted by Crippen LogP contribution is -2.47. The number of fused-ring (bicyclic) bond motifs is 1. The predicted octanol–water partition coefficient (Wildman–Crippen LogP) is 4.47. The van der Waals surface area contributed by atoms with Crippen molar-refractivity contribution < 1.29 is 10.2 Å². The normalized spacial score (nSPS) is 35.2. The van der Waals surface area contributed by atoms with Crippen molar-refractivity contribution in [3.05, 3.63) is 29.3 Å². The summed E-state index contributed by atoms with van der Waals surface area (Å²) >= 11 is 4.03. The Kier molecular flexibility index (Phi) is 4.91. The second-order valence-electron chi connectivity index (χ2n) is 7.96. The molecule has 0 aliphatic heterocycles. The van der Waals surface area contributed by atoms with Crippen LogP contribution in [0.1, 0.15) is 56.6 Å². The maximum atomic E-state index is 11.1. The molecular formula is C21H28O2S. The van der Waals surface area contributed by atoms with Crippen LogP contribution in [0.4, 0.5) is 0 Å². The van der Waals surface area contributed by atoms with E-state index in [2.05, 4.69) is 37.6 Å². The summed E-state index contributed by atoms with van der Waals surface area (Å²) in [5.41, 5.74) is 1.50. The molecule has 0 saturated heterocycles. The molecule has 2 aliphatic carbocycles. The van der Waals surface area contributed by atoms with Gasteiger partial charge in [-0.15, -0.1) is 0 Å². The highest BCUT2D eigenvalue weighted by Crippen LogP contribution is 2.60. The van der Waals surface area contributed by atoms with Crippen LogP contribution in [0.15, 0.2) is 18.2 Å². The minimum absolute atomic E-state index is 0.112. The fourth-order valence-electron chi connectivity index (χ4n) is 5.27. The highest BCUT2D eigenvalue weighted by atomic mass is 32.1. The molecule has 0 aromatic heterocycles. The van der Waals surface area contributed by atoms with E-state index in [1.54, 1.807) is 6.07 Å². The van der Waals surface area contributed by atoms with Gasteiger partial charge in [0.2, 0.25) is 0 Å². The number of hydrogen-bond donors (Lipinski definition) is 3. The molecule has 2 aliphatic rings. The van der Waals surface area contributed by atoms with E-state index in [-0.39, 0.29) is 5.41 Å². The SMILES string of the molecule is Cc1ccc(O)cc1CCC1CCCC2(C)C1CCC2(O)C#CS. The van der Waals surface area contributed by atoms with Crippen LogP contribution in [0.2, 0.25) is 0 Å². The van der Waals surface area contributed by atoms with E-state index >= 15 is 0 Å². The van der Waals surface area contributed by atoms with Gasteiger partial charge in [0, 0.05) is 5.41 Å². The summed E-state index contributed by atoms with van der Waals surface area (Å²) in [5.74, 6) is 4.52. The molecule has 0 amide bonds. The second kappa shape index (κ2) is 6.65. The number of phenolic OH excluding ortho intramolecular Hbond substituents is 1. The number of aromatic hydroxyl groups is 1. The Labute approximate surface area is 151 Å². The van der Waals surface area contributed by atoms with Crippen molar-refractivity contribution in [1.29, 1.82) is 0 Å². The molecule has 4 atom stereocenters. The maximum Gasteiger partial charge on any atom is 0.131 e. The minimum atomic E-state index is -0.876. The molecule has 0 spiro atoms. The number of rotatable bonds is 3. The first-order valence-corrected chi connectivity index (χ1v) is 9.51. The van der Waals surface area contributed by atoms with Gasteiger partial charge in [0.05, 0.1) is 0 Å². The fourth-order valence-corrected chi connectivity index (χ4v) is 5.45. The van der Waals surface area contributed by atoms with Crippen molar-refractivity contribution in [3.63, 3.8) is 0 Å². The summed E-state index contributed by atoms with van der Waals surface area (Å²) < 4.78 is 0. The van der Waals surface area contributed by atoms with Gasteiger partial charge in [0.15, 0.2) is 0 Å². The first-order chi connectivity index (χ1) is 11.4. The summed E-state index contributed by atoms with van der Waals surface area (Å²) in [4.78, 5) is 0. The van der Waals surface area contributed by atoms with Crippen molar-refractivity contribution in [2.45, 2.75) is 64.4 Å². The smallest absolute Gasteiger partial charge is 0.131 e. The number of thiol groups is 1. The molecule has 2 fully saturated rings. The van der Waals surface area contributed by atoms with Crippen molar-refractivity contribution >= 4 is 12.6 Å². The molecule has 2 N–H and O–H groups in total. The van der Waals surface area contributed by atoms with Crippen molar-refractivity contribution in [2.24, 2.45) is 17.3 Å². The molecule has 2 nitrogen and oxygen atoms in total. The summed E-state index contributed by atoms with van der Waals surface area (Å²) in [6.45, 7) is 4.34. The van der Waals surface area contributed by atoms with E-state index in [0.29, 0.717) is 17.6 Å². The van der Waals surface area contributed by atoms with Crippen molar-refractivity contribution in [1.82, 2.24) is 0 Å². The highest BCUT2D eigenvalue weighted by molar-refractivity contribution is 7.85. The third-order valence-electron chi connectivity index (χ3n) is 6.80. The Morgan fingerprint density at radius 2 is 2.08 bits per heavy atom. The van der Waals surface area contributed by atoms with Gasteiger partial charge in [-0.25, -0.2) is 0 Å². The number of aliphatic hydroxyl groups is 1. The van der Waals surface area contributed by atoms with Gasteiger partial charge < -0.3 is 10.2 Å². The fraction of sp³-hybridized carbons (Fsp3) is 0.619. The maximum absolute atomic E-state index is 11.1. The van der Waals surface area contributed by atoms with Gasteiger partial charge in [-0.1, -0.05) is 44.4 Å². The lowest BCUT2D eigenvalue weighted by Gasteiger charge is -2.47. The molecule has 4 unspecified atom stereocenters. The van der Waals surface area contributed by atoms with Crippen LogP contribution in [-0.2, 0) is 6.42 Å². The molecule has 24 heavy (non-hydrogen) atoms. The average molecular weight is 345 g/mol. The van der Waals surface area contributed by atoms with Crippen LogP contribution >= 0.6 is 12.6 Å². The lowest BCUT2D eigenvalue weighted by atomic mass is 9.59. The molecule has 0 bridgehead atoms. The molecule has 1 aromatic rings. The Bertz CT molecular complexity index is 674. The topological polar surface area (TPSA) is 40.5 Å². The van der Waals surface area contributed by atoms with E-state index in [0.717, 1.165) is 38.5 Å². The Balaban J connectivity index is 1.75.